The molecule has 1 heterocycles. The highest BCUT2D eigenvalue weighted by atomic mass is 19.3. The van der Waals surface area contributed by atoms with Gasteiger partial charge in [0.25, 0.3) is 11.5 Å². The number of alkyl halides is 2. The number of halogens is 2. The predicted molar refractivity (Wildman–Crippen MR) is 39.0 cm³/mol. The van der Waals surface area contributed by atoms with Gasteiger partial charge in [-0.25, -0.2) is 4.98 Å². The van der Waals surface area contributed by atoms with Crippen LogP contribution in [0.1, 0.15) is 12.6 Å². The molecule has 0 aromatic carbocycles. The Morgan fingerprint density at radius 2 is 2.17 bits per heavy atom. The van der Waals surface area contributed by atoms with Crippen LogP contribution in [0.5, 0.6) is 0 Å². The summed E-state index contributed by atoms with van der Waals surface area (Å²) in [6.07, 6.45) is 1.08. The number of aryl methyl sites for hydroxylation is 1. The maximum absolute atomic E-state index is 12.6. The van der Waals surface area contributed by atoms with E-state index < -0.39 is 17.2 Å². The van der Waals surface area contributed by atoms with E-state index in [9.17, 15) is 13.6 Å². The Balaban J connectivity index is 3.23. The van der Waals surface area contributed by atoms with Crippen molar-refractivity contribution in [3.8, 4) is 0 Å². The molecule has 0 spiro atoms. The first-order valence-corrected chi connectivity index (χ1v) is 3.32. The summed E-state index contributed by atoms with van der Waals surface area (Å²) in [6.45, 7) is 0.703. The first-order chi connectivity index (χ1) is 5.41. The molecule has 3 nitrogen and oxygen atoms in total. The van der Waals surface area contributed by atoms with Crippen LogP contribution in [0.25, 0.3) is 0 Å². The zero-order valence-corrected chi connectivity index (χ0v) is 6.71. The third kappa shape index (κ3) is 1.66. The van der Waals surface area contributed by atoms with Gasteiger partial charge < -0.3 is 4.57 Å². The molecule has 0 atom stereocenters. The van der Waals surface area contributed by atoms with Gasteiger partial charge in [0.2, 0.25) is 0 Å². The Labute approximate surface area is 67.7 Å². The summed E-state index contributed by atoms with van der Waals surface area (Å²) >= 11 is 0. The van der Waals surface area contributed by atoms with Gasteiger partial charge in [-0.15, -0.1) is 0 Å². The molecule has 66 valence electrons. The first kappa shape index (κ1) is 8.83. The van der Waals surface area contributed by atoms with Crippen LogP contribution < -0.4 is 5.56 Å². The van der Waals surface area contributed by atoms with Gasteiger partial charge in [-0.2, -0.15) is 8.78 Å². The van der Waals surface area contributed by atoms with Gasteiger partial charge in [-0.05, 0) is 0 Å². The third-order valence-electron chi connectivity index (χ3n) is 1.43. The normalized spacial score (nSPS) is 11.7. The van der Waals surface area contributed by atoms with Crippen LogP contribution in [0.2, 0.25) is 0 Å². The van der Waals surface area contributed by atoms with Crippen molar-refractivity contribution in [1.82, 2.24) is 9.55 Å². The summed E-state index contributed by atoms with van der Waals surface area (Å²) in [5.74, 6) is -3.05. The van der Waals surface area contributed by atoms with Gasteiger partial charge in [-0.3, -0.25) is 4.79 Å². The lowest BCUT2D eigenvalue weighted by atomic mass is 10.2. The topological polar surface area (TPSA) is 34.9 Å². The SMILES string of the molecule is Cn1cnc(C(C)(F)F)cc1=O. The predicted octanol–water partition coefficient (Wildman–Crippen LogP) is 0.892. The fraction of sp³-hybridized carbons (Fsp3) is 0.429. The summed E-state index contributed by atoms with van der Waals surface area (Å²) in [5.41, 5.74) is -0.980. The summed E-state index contributed by atoms with van der Waals surface area (Å²) < 4.78 is 26.2. The zero-order chi connectivity index (χ0) is 9.35. The quantitative estimate of drug-likeness (QED) is 0.633. The largest absolute Gasteiger partial charge is 0.302 e. The smallest absolute Gasteiger partial charge is 0.287 e. The molecule has 0 bridgehead atoms. The minimum absolute atomic E-state index is 0.485. The molecular weight excluding hydrogens is 166 g/mol. The van der Waals surface area contributed by atoms with E-state index in [2.05, 4.69) is 4.98 Å². The molecule has 12 heavy (non-hydrogen) atoms. The molecule has 1 rings (SSSR count). The van der Waals surface area contributed by atoms with E-state index in [4.69, 9.17) is 0 Å². The van der Waals surface area contributed by atoms with Crippen molar-refractivity contribution in [2.45, 2.75) is 12.8 Å². The highest BCUT2D eigenvalue weighted by Gasteiger charge is 2.26. The second-order valence-electron chi connectivity index (χ2n) is 2.61. The fourth-order valence-electron chi connectivity index (χ4n) is 0.702. The molecule has 0 amide bonds. The molecular formula is C7H8F2N2O. The van der Waals surface area contributed by atoms with E-state index in [1.165, 1.54) is 7.05 Å². The molecule has 0 aliphatic rings. The second kappa shape index (κ2) is 2.66. The second-order valence-corrected chi connectivity index (χ2v) is 2.61. The maximum Gasteiger partial charge on any atom is 0.287 e. The lowest BCUT2D eigenvalue weighted by Crippen LogP contribution is -2.21. The van der Waals surface area contributed by atoms with Gasteiger partial charge >= 0.3 is 0 Å². The minimum atomic E-state index is -3.05. The van der Waals surface area contributed by atoms with Crippen molar-refractivity contribution in [3.05, 3.63) is 28.4 Å². The summed E-state index contributed by atoms with van der Waals surface area (Å²) in [7, 11) is 1.45. The number of hydrogen-bond donors (Lipinski definition) is 0. The van der Waals surface area contributed by atoms with E-state index >= 15 is 0 Å². The van der Waals surface area contributed by atoms with Gasteiger partial charge in [0.05, 0.1) is 6.33 Å². The number of aromatic nitrogens is 2. The standard InChI is InChI=1S/C7H8F2N2O/c1-7(8,9)5-3-6(12)11(2)4-10-5/h3-4H,1-2H3. The molecule has 0 unspecified atom stereocenters. The lowest BCUT2D eigenvalue weighted by molar-refractivity contribution is 0.0123. The molecule has 0 radical (unpaired) electrons. The Morgan fingerprint density at radius 1 is 1.58 bits per heavy atom. The van der Waals surface area contributed by atoms with Crippen LogP contribution >= 0.6 is 0 Å². The van der Waals surface area contributed by atoms with Crippen LogP contribution in [0.3, 0.4) is 0 Å². The molecule has 0 aliphatic heterocycles. The van der Waals surface area contributed by atoms with Crippen LogP contribution in [0.4, 0.5) is 8.78 Å². The molecule has 1 aromatic heterocycles. The Hall–Kier alpha value is -1.26. The monoisotopic (exact) mass is 174 g/mol. The zero-order valence-electron chi connectivity index (χ0n) is 6.71. The maximum atomic E-state index is 12.6. The van der Waals surface area contributed by atoms with Gasteiger partial charge in [-0.1, -0.05) is 0 Å². The van der Waals surface area contributed by atoms with Gasteiger partial charge in [0.1, 0.15) is 5.69 Å². The molecule has 0 aliphatic carbocycles. The van der Waals surface area contributed by atoms with Crippen molar-refractivity contribution in [2.24, 2.45) is 7.05 Å². The lowest BCUT2D eigenvalue weighted by Gasteiger charge is -2.08. The Morgan fingerprint density at radius 3 is 2.58 bits per heavy atom. The first-order valence-electron chi connectivity index (χ1n) is 3.32. The van der Waals surface area contributed by atoms with Crippen LogP contribution in [0, 0.1) is 0 Å². The summed E-state index contributed by atoms with van der Waals surface area (Å²) in [4.78, 5) is 14.3. The average molecular weight is 174 g/mol. The minimum Gasteiger partial charge on any atom is -0.302 e. The van der Waals surface area contributed by atoms with Crippen molar-refractivity contribution < 1.29 is 8.78 Å². The van der Waals surface area contributed by atoms with E-state index in [1.54, 1.807) is 0 Å². The van der Waals surface area contributed by atoms with Crippen LogP contribution in [-0.4, -0.2) is 9.55 Å². The van der Waals surface area contributed by atoms with E-state index in [-0.39, 0.29) is 0 Å². The molecule has 0 saturated carbocycles. The highest BCUT2D eigenvalue weighted by Crippen LogP contribution is 2.22. The summed E-state index contributed by atoms with van der Waals surface area (Å²) in [5, 5.41) is 0. The van der Waals surface area contributed by atoms with E-state index in [1.807, 2.05) is 0 Å². The number of hydrogen-bond acceptors (Lipinski definition) is 2. The average Bonchev–Trinajstić information content (AvgIpc) is 1.92. The highest BCUT2D eigenvalue weighted by molar-refractivity contribution is 5.05. The van der Waals surface area contributed by atoms with Crippen LogP contribution in [0.15, 0.2) is 17.2 Å². The molecule has 1 aromatic rings. The van der Waals surface area contributed by atoms with Crippen molar-refractivity contribution >= 4 is 0 Å². The molecule has 0 fully saturated rings. The van der Waals surface area contributed by atoms with Crippen molar-refractivity contribution in [3.63, 3.8) is 0 Å². The van der Waals surface area contributed by atoms with Crippen molar-refractivity contribution in [1.29, 1.82) is 0 Å². The summed E-state index contributed by atoms with van der Waals surface area (Å²) in [6, 6.07) is 0.833. The number of rotatable bonds is 1. The Kier molecular flexibility index (Phi) is 1.95. The van der Waals surface area contributed by atoms with E-state index in [0.717, 1.165) is 17.0 Å². The van der Waals surface area contributed by atoms with E-state index in [0.29, 0.717) is 6.92 Å². The third-order valence-corrected chi connectivity index (χ3v) is 1.43. The molecule has 0 N–H and O–H groups in total. The van der Waals surface area contributed by atoms with Crippen LogP contribution in [-0.2, 0) is 13.0 Å². The van der Waals surface area contributed by atoms with Crippen molar-refractivity contribution in [2.75, 3.05) is 0 Å². The fourth-order valence-corrected chi connectivity index (χ4v) is 0.702. The molecule has 5 heteroatoms. The Bertz CT molecular complexity index is 340. The number of nitrogens with zero attached hydrogens (tertiary/aromatic N) is 2. The molecule has 0 saturated heterocycles. The van der Waals surface area contributed by atoms with Gasteiger partial charge in [0.15, 0.2) is 0 Å². The van der Waals surface area contributed by atoms with Gasteiger partial charge in [0, 0.05) is 20.0 Å².